The van der Waals surface area contributed by atoms with Crippen LogP contribution in [0.3, 0.4) is 0 Å². The zero-order valence-corrected chi connectivity index (χ0v) is 9.31. The maximum Gasteiger partial charge on any atom is 0.352 e. The molecule has 1 aromatic rings. The summed E-state index contributed by atoms with van der Waals surface area (Å²) in [5.41, 5.74) is 0.406. The summed E-state index contributed by atoms with van der Waals surface area (Å²) in [6, 6.07) is 1.36. The standard InChI is InChI=1S/C11H14N2O4/c14-10(13-2-1-4-17-5-3-13)8-6-9(11(15)16)12-7-8/h6-7,12H,1-5H2,(H,15,16). The summed E-state index contributed by atoms with van der Waals surface area (Å²) in [6.07, 6.45) is 2.24. The molecule has 0 spiro atoms. The van der Waals surface area contributed by atoms with Gasteiger partial charge in [0.25, 0.3) is 5.91 Å². The van der Waals surface area contributed by atoms with Crippen LogP contribution in [0, 0.1) is 0 Å². The van der Waals surface area contributed by atoms with Gasteiger partial charge in [-0.3, -0.25) is 4.79 Å². The van der Waals surface area contributed by atoms with Gasteiger partial charge in [-0.1, -0.05) is 0 Å². The highest BCUT2D eigenvalue weighted by Crippen LogP contribution is 2.09. The maximum atomic E-state index is 12.0. The van der Waals surface area contributed by atoms with Crippen molar-refractivity contribution in [1.82, 2.24) is 9.88 Å². The van der Waals surface area contributed by atoms with Crippen molar-refractivity contribution >= 4 is 11.9 Å². The Hall–Kier alpha value is -1.82. The topological polar surface area (TPSA) is 82.6 Å². The molecule has 0 unspecified atom stereocenters. The maximum absolute atomic E-state index is 12.0. The summed E-state index contributed by atoms with van der Waals surface area (Å²) in [4.78, 5) is 27.0. The number of aromatic carboxylic acids is 1. The van der Waals surface area contributed by atoms with Crippen molar-refractivity contribution in [2.45, 2.75) is 6.42 Å². The number of carboxylic acid groups (broad SMARTS) is 1. The molecule has 0 aromatic carbocycles. The number of H-pyrrole nitrogens is 1. The zero-order valence-electron chi connectivity index (χ0n) is 9.31. The van der Waals surface area contributed by atoms with Crippen molar-refractivity contribution < 1.29 is 19.4 Å². The van der Waals surface area contributed by atoms with E-state index in [9.17, 15) is 9.59 Å². The van der Waals surface area contributed by atoms with Gasteiger partial charge in [0, 0.05) is 25.9 Å². The number of aromatic amines is 1. The lowest BCUT2D eigenvalue weighted by Crippen LogP contribution is -2.32. The number of nitrogens with one attached hydrogen (secondary N) is 1. The summed E-state index contributed by atoms with van der Waals surface area (Å²) in [5, 5.41) is 8.76. The van der Waals surface area contributed by atoms with Gasteiger partial charge >= 0.3 is 5.97 Å². The number of carboxylic acids is 1. The van der Waals surface area contributed by atoms with Gasteiger partial charge in [0.2, 0.25) is 0 Å². The predicted molar refractivity (Wildman–Crippen MR) is 59.1 cm³/mol. The lowest BCUT2D eigenvalue weighted by Gasteiger charge is -2.18. The van der Waals surface area contributed by atoms with Gasteiger partial charge < -0.3 is 19.7 Å². The second-order valence-electron chi connectivity index (χ2n) is 3.87. The number of aromatic nitrogens is 1. The van der Waals surface area contributed by atoms with Gasteiger partial charge in [-0.25, -0.2) is 4.79 Å². The Balaban J connectivity index is 2.09. The van der Waals surface area contributed by atoms with E-state index in [0.29, 0.717) is 31.9 Å². The molecule has 1 aliphatic heterocycles. The number of amides is 1. The molecule has 1 amide bonds. The number of hydrogen-bond donors (Lipinski definition) is 2. The van der Waals surface area contributed by atoms with Crippen molar-refractivity contribution in [3.05, 3.63) is 23.5 Å². The van der Waals surface area contributed by atoms with Crippen LogP contribution in [0.15, 0.2) is 12.3 Å². The fraction of sp³-hybridized carbons (Fsp3) is 0.455. The summed E-state index contributed by atoms with van der Waals surface area (Å²) < 4.78 is 5.26. The molecule has 2 heterocycles. The summed E-state index contributed by atoms with van der Waals surface area (Å²) >= 11 is 0. The lowest BCUT2D eigenvalue weighted by atomic mass is 10.2. The first-order chi connectivity index (χ1) is 8.18. The highest BCUT2D eigenvalue weighted by Gasteiger charge is 2.19. The molecule has 0 radical (unpaired) electrons. The summed E-state index contributed by atoms with van der Waals surface area (Å²) in [6.45, 7) is 2.39. The van der Waals surface area contributed by atoms with Gasteiger partial charge in [0.15, 0.2) is 0 Å². The Morgan fingerprint density at radius 2 is 2.18 bits per heavy atom. The fourth-order valence-corrected chi connectivity index (χ4v) is 1.77. The van der Waals surface area contributed by atoms with E-state index in [0.717, 1.165) is 6.42 Å². The molecule has 1 aromatic heterocycles. The second kappa shape index (κ2) is 5.01. The number of rotatable bonds is 2. The molecule has 1 fully saturated rings. The molecule has 1 aliphatic rings. The first-order valence-electron chi connectivity index (χ1n) is 5.47. The van der Waals surface area contributed by atoms with E-state index in [1.54, 1.807) is 4.90 Å². The Morgan fingerprint density at radius 1 is 1.35 bits per heavy atom. The second-order valence-corrected chi connectivity index (χ2v) is 3.87. The van der Waals surface area contributed by atoms with Crippen LogP contribution in [0.5, 0.6) is 0 Å². The average Bonchev–Trinajstić information content (AvgIpc) is 2.65. The van der Waals surface area contributed by atoms with E-state index >= 15 is 0 Å². The number of carbonyl (C=O) groups excluding carboxylic acids is 1. The predicted octanol–water partition coefficient (Wildman–Crippen LogP) is 0.575. The third-order valence-corrected chi connectivity index (χ3v) is 2.67. The van der Waals surface area contributed by atoms with Crippen molar-refractivity contribution in [3.63, 3.8) is 0 Å². The van der Waals surface area contributed by atoms with Crippen LogP contribution in [0.1, 0.15) is 27.3 Å². The number of carbonyl (C=O) groups is 2. The van der Waals surface area contributed by atoms with Crippen LogP contribution in [-0.4, -0.2) is 53.2 Å². The van der Waals surface area contributed by atoms with Crippen LogP contribution >= 0.6 is 0 Å². The highest BCUT2D eigenvalue weighted by molar-refractivity contribution is 5.97. The Kier molecular flexibility index (Phi) is 3.43. The van der Waals surface area contributed by atoms with Gasteiger partial charge in [0.05, 0.1) is 12.2 Å². The molecule has 6 nitrogen and oxygen atoms in total. The molecular weight excluding hydrogens is 224 g/mol. The van der Waals surface area contributed by atoms with Crippen LogP contribution < -0.4 is 0 Å². The Morgan fingerprint density at radius 3 is 2.88 bits per heavy atom. The van der Waals surface area contributed by atoms with E-state index in [1.807, 2.05) is 0 Å². The van der Waals surface area contributed by atoms with E-state index in [2.05, 4.69) is 4.98 Å². The molecule has 17 heavy (non-hydrogen) atoms. The fourth-order valence-electron chi connectivity index (χ4n) is 1.77. The SMILES string of the molecule is O=C(O)c1cc(C(=O)N2CCCOCC2)c[nH]1. The molecule has 92 valence electrons. The smallest absolute Gasteiger partial charge is 0.352 e. The molecule has 2 rings (SSSR count). The minimum atomic E-state index is -1.07. The molecule has 0 saturated carbocycles. The Bertz CT molecular complexity index is 419. The van der Waals surface area contributed by atoms with Crippen molar-refractivity contribution in [3.8, 4) is 0 Å². The first-order valence-corrected chi connectivity index (χ1v) is 5.47. The van der Waals surface area contributed by atoms with Crippen molar-refractivity contribution in [1.29, 1.82) is 0 Å². The molecule has 6 heteroatoms. The molecule has 2 N–H and O–H groups in total. The lowest BCUT2D eigenvalue weighted by molar-refractivity contribution is 0.0691. The normalized spacial score (nSPS) is 16.6. The number of ether oxygens (including phenoxy) is 1. The summed E-state index contributed by atoms with van der Waals surface area (Å²) in [7, 11) is 0. The van der Waals surface area contributed by atoms with E-state index in [4.69, 9.17) is 9.84 Å². The summed E-state index contributed by atoms with van der Waals surface area (Å²) in [5.74, 6) is -1.22. The van der Waals surface area contributed by atoms with E-state index < -0.39 is 5.97 Å². The van der Waals surface area contributed by atoms with Gasteiger partial charge in [-0.05, 0) is 12.5 Å². The highest BCUT2D eigenvalue weighted by atomic mass is 16.5. The van der Waals surface area contributed by atoms with Gasteiger partial charge in [-0.2, -0.15) is 0 Å². The average molecular weight is 238 g/mol. The largest absolute Gasteiger partial charge is 0.477 e. The monoisotopic (exact) mass is 238 g/mol. The first kappa shape index (κ1) is 11.7. The van der Waals surface area contributed by atoms with E-state index in [-0.39, 0.29) is 11.6 Å². The number of nitrogens with zero attached hydrogens (tertiary/aromatic N) is 1. The van der Waals surface area contributed by atoms with Crippen LogP contribution in [-0.2, 0) is 4.74 Å². The van der Waals surface area contributed by atoms with E-state index in [1.165, 1.54) is 12.3 Å². The third kappa shape index (κ3) is 2.65. The molecule has 0 aliphatic carbocycles. The van der Waals surface area contributed by atoms with Crippen molar-refractivity contribution in [2.75, 3.05) is 26.3 Å². The minimum absolute atomic E-state index is 0.0272. The minimum Gasteiger partial charge on any atom is -0.477 e. The van der Waals surface area contributed by atoms with Gasteiger partial charge in [-0.15, -0.1) is 0 Å². The molecular formula is C11H14N2O4. The van der Waals surface area contributed by atoms with Crippen molar-refractivity contribution in [2.24, 2.45) is 0 Å². The molecule has 0 atom stereocenters. The molecule has 1 saturated heterocycles. The van der Waals surface area contributed by atoms with Crippen LogP contribution in [0.25, 0.3) is 0 Å². The number of hydrogen-bond acceptors (Lipinski definition) is 3. The van der Waals surface area contributed by atoms with Crippen LogP contribution in [0.2, 0.25) is 0 Å². The Labute approximate surface area is 98.2 Å². The van der Waals surface area contributed by atoms with Gasteiger partial charge in [0.1, 0.15) is 5.69 Å². The third-order valence-electron chi connectivity index (χ3n) is 2.67. The zero-order chi connectivity index (χ0) is 12.3. The quantitative estimate of drug-likeness (QED) is 0.789. The molecule has 0 bridgehead atoms. The van der Waals surface area contributed by atoms with Crippen LogP contribution in [0.4, 0.5) is 0 Å².